The Morgan fingerprint density at radius 1 is 0.962 bits per heavy atom. The number of fused-ring (bicyclic) bond motifs is 1. The molecule has 3 aromatic carbocycles. The maximum Gasteiger partial charge on any atom is 0.244 e. The number of amides is 1. The molecule has 4 nitrogen and oxygen atoms in total. The third-order valence-electron chi connectivity index (χ3n) is 4.34. The summed E-state index contributed by atoms with van der Waals surface area (Å²) in [5.74, 6) is -0.0745. The van der Waals surface area contributed by atoms with Gasteiger partial charge in [0.05, 0.1) is 17.4 Å². The molecule has 0 fully saturated rings. The number of carbonyl (C=O) groups excluding carboxylic acids is 1. The van der Waals surface area contributed by atoms with E-state index >= 15 is 0 Å². The molecule has 128 valence electrons. The third kappa shape index (κ3) is 3.35. The maximum absolute atomic E-state index is 12.5. The van der Waals surface area contributed by atoms with Gasteiger partial charge in [-0.2, -0.15) is 0 Å². The molecule has 4 rings (SSSR count). The highest BCUT2D eigenvalue weighted by molar-refractivity contribution is 5.92. The van der Waals surface area contributed by atoms with E-state index in [1.165, 1.54) is 5.56 Å². The lowest BCUT2D eigenvalue weighted by Crippen LogP contribution is -2.18. The predicted molar refractivity (Wildman–Crippen MR) is 105 cm³/mol. The molecule has 4 heteroatoms. The molecule has 0 unspecified atom stereocenters. The van der Waals surface area contributed by atoms with E-state index in [-0.39, 0.29) is 12.5 Å². The normalized spacial score (nSPS) is 10.8. The van der Waals surface area contributed by atoms with Gasteiger partial charge in [0, 0.05) is 5.69 Å². The van der Waals surface area contributed by atoms with Crippen molar-refractivity contribution in [1.82, 2.24) is 9.55 Å². The van der Waals surface area contributed by atoms with Gasteiger partial charge in [0.25, 0.3) is 0 Å². The zero-order valence-electron chi connectivity index (χ0n) is 14.5. The van der Waals surface area contributed by atoms with Crippen LogP contribution in [0, 0.1) is 6.92 Å². The molecular formula is C22H19N3O. The maximum atomic E-state index is 12.5. The van der Waals surface area contributed by atoms with E-state index in [0.717, 1.165) is 27.8 Å². The summed E-state index contributed by atoms with van der Waals surface area (Å²) < 4.78 is 1.86. The topological polar surface area (TPSA) is 46.9 Å². The van der Waals surface area contributed by atoms with Gasteiger partial charge in [-0.3, -0.25) is 4.79 Å². The minimum absolute atomic E-state index is 0.0745. The first-order valence-electron chi connectivity index (χ1n) is 8.56. The van der Waals surface area contributed by atoms with Gasteiger partial charge in [0.15, 0.2) is 0 Å². The molecule has 0 radical (unpaired) electrons. The lowest BCUT2D eigenvalue weighted by atomic mass is 10.0. The van der Waals surface area contributed by atoms with Crippen molar-refractivity contribution in [2.24, 2.45) is 0 Å². The number of aromatic nitrogens is 2. The molecule has 1 aromatic heterocycles. The summed E-state index contributed by atoms with van der Waals surface area (Å²) in [7, 11) is 0. The van der Waals surface area contributed by atoms with Gasteiger partial charge in [-0.25, -0.2) is 4.98 Å². The van der Waals surface area contributed by atoms with Crippen LogP contribution in [-0.2, 0) is 11.3 Å². The molecule has 0 saturated heterocycles. The first-order chi connectivity index (χ1) is 12.7. The minimum atomic E-state index is -0.0745. The van der Waals surface area contributed by atoms with Crippen molar-refractivity contribution in [2.45, 2.75) is 13.5 Å². The van der Waals surface area contributed by atoms with Crippen LogP contribution in [-0.4, -0.2) is 15.5 Å². The third-order valence-corrected chi connectivity index (χ3v) is 4.34. The molecule has 0 aliphatic heterocycles. The molecule has 0 atom stereocenters. The summed E-state index contributed by atoms with van der Waals surface area (Å²) in [6.07, 6.45) is 1.70. The summed E-state index contributed by atoms with van der Waals surface area (Å²) in [5, 5.41) is 2.98. The highest BCUT2D eigenvalue weighted by Gasteiger charge is 2.08. The van der Waals surface area contributed by atoms with E-state index in [1.807, 2.05) is 59.2 Å². The van der Waals surface area contributed by atoms with Gasteiger partial charge in [0.2, 0.25) is 5.91 Å². The average molecular weight is 341 g/mol. The van der Waals surface area contributed by atoms with E-state index in [9.17, 15) is 4.79 Å². The average Bonchev–Trinajstić information content (AvgIpc) is 3.05. The summed E-state index contributed by atoms with van der Waals surface area (Å²) >= 11 is 0. The Bertz CT molecular complexity index is 1080. The number of nitrogens with one attached hydrogen (secondary N) is 1. The van der Waals surface area contributed by atoms with E-state index < -0.39 is 0 Å². The molecular weight excluding hydrogens is 322 g/mol. The van der Waals surface area contributed by atoms with E-state index in [1.54, 1.807) is 6.33 Å². The fraction of sp³-hybridized carbons (Fsp3) is 0.0909. The number of para-hydroxylation sites is 2. The van der Waals surface area contributed by atoms with Crippen LogP contribution in [0.1, 0.15) is 5.56 Å². The van der Waals surface area contributed by atoms with Gasteiger partial charge < -0.3 is 9.88 Å². The standard InChI is InChI=1S/C22H19N3O/c1-16-6-4-7-17(12-16)18-8-5-9-19(13-18)24-22(26)14-25-15-23-20-10-2-3-11-21(20)25/h2-13,15H,14H2,1H3,(H,24,26). The SMILES string of the molecule is Cc1cccc(-c2cccc(NC(=O)Cn3cnc4ccccc43)c2)c1. The van der Waals surface area contributed by atoms with E-state index in [4.69, 9.17) is 0 Å². The van der Waals surface area contributed by atoms with Crippen LogP contribution >= 0.6 is 0 Å². The molecule has 0 spiro atoms. The largest absolute Gasteiger partial charge is 0.325 e. The monoisotopic (exact) mass is 341 g/mol. The Kier molecular flexibility index (Phi) is 4.23. The number of carbonyl (C=O) groups is 1. The van der Waals surface area contributed by atoms with E-state index in [2.05, 4.69) is 35.4 Å². The fourth-order valence-corrected chi connectivity index (χ4v) is 3.09. The van der Waals surface area contributed by atoms with Crippen molar-refractivity contribution in [2.75, 3.05) is 5.32 Å². The molecule has 0 aliphatic rings. The number of hydrogen-bond acceptors (Lipinski definition) is 2. The van der Waals surface area contributed by atoms with Crippen LogP contribution in [0.5, 0.6) is 0 Å². The number of anilines is 1. The highest BCUT2D eigenvalue weighted by Crippen LogP contribution is 2.23. The molecule has 1 amide bonds. The van der Waals surface area contributed by atoms with Gasteiger partial charge in [-0.05, 0) is 42.3 Å². The number of aryl methyl sites for hydroxylation is 1. The Morgan fingerprint density at radius 2 is 1.73 bits per heavy atom. The summed E-state index contributed by atoms with van der Waals surface area (Å²) in [6.45, 7) is 2.31. The minimum Gasteiger partial charge on any atom is -0.325 e. The summed E-state index contributed by atoms with van der Waals surface area (Å²) in [4.78, 5) is 16.8. The molecule has 0 aliphatic carbocycles. The van der Waals surface area contributed by atoms with Crippen LogP contribution in [0.25, 0.3) is 22.2 Å². The zero-order chi connectivity index (χ0) is 17.9. The van der Waals surface area contributed by atoms with Gasteiger partial charge in [-0.1, -0.05) is 54.1 Å². The Morgan fingerprint density at radius 3 is 2.58 bits per heavy atom. The van der Waals surface area contributed by atoms with Gasteiger partial charge in [0.1, 0.15) is 6.54 Å². The second-order valence-electron chi connectivity index (χ2n) is 6.36. The molecule has 0 saturated carbocycles. The molecule has 4 aromatic rings. The number of imidazole rings is 1. The Labute approximate surface area is 152 Å². The van der Waals surface area contributed by atoms with E-state index in [0.29, 0.717) is 0 Å². The Hall–Kier alpha value is -3.40. The van der Waals surface area contributed by atoms with Crippen molar-refractivity contribution in [3.63, 3.8) is 0 Å². The van der Waals surface area contributed by atoms with Gasteiger partial charge >= 0.3 is 0 Å². The molecule has 1 heterocycles. The lowest BCUT2D eigenvalue weighted by molar-refractivity contribution is -0.116. The Balaban J connectivity index is 1.52. The number of nitrogens with zero attached hydrogens (tertiary/aromatic N) is 2. The highest BCUT2D eigenvalue weighted by atomic mass is 16.1. The zero-order valence-corrected chi connectivity index (χ0v) is 14.5. The van der Waals surface area contributed by atoms with Crippen molar-refractivity contribution < 1.29 is 4.79 Å². The fourth-order valence-electron chi connectivity index (χ4n) is 3.09. The van der Waals surface area contributed by atoms with Crippen molar-refractivity contribution in [3.05, 3.63) is 84.7 Å². The molecule has 26 heavy (non-hydrogen) atoms. The van der Waals surface area contributed by atoms with Crippen LogP contribution in [0.2, 0.25) is 0 Å². The molecule has 0 bridgehead atoms. The predicted octanol–water partition coefficient (Wildman–Crippen LogP) is 4.65. The first-order valence-corrected chi connectivity index (χ1v) is 8.56. The van der Waals surface area contributed by atoms with Crippen LogP contribution in [0.3, 0.4) is 0 Å². The van der Waals surface area contributed by atoms with Crippen molar-refractivity contribution >= 4 is 22.6 Å². The smallest absolute Gasteiger partial charge is 0.244 e. The summed E-state index contributed by atoms with van der Waals surface area (Å²) in [6, 6.07) is 24.0. The second-order valence-corrected chi connectivity index (χ2v) is 6.36. The number of rotatable bonds is 4. The summed E-state index contributed by atoms with van der Waals surface area (Å²) in [5.41, 5.74) is 6.07. The molecule has 1 N–H and O–H groups in total. The van der Waals surface area contributed by atoms with Crippen LogP contribution in [0.15, 0.2) is 79.1 Å². The number of hydrogen-bond donors (Lipinski definition) is 1. The first kappa shape index (κ1) is 16.1. The number of benzene rings is 3. The lowest BCUT2D eigenvalue weighted by Gasteiger charge is -2.09. The van der Waals surface area contributed by atoms with Crippen molar-refractivity contribution in [1.29, 1.82) is 0 Å². The van der Waals surface area contributed by atoms with Crippen LogP contribution < -0.4 is 5.32 Å². The van der Waals surface area contributed by atoms with Crippen molar-refractivity contribution in [3.8, 4) is 11.1 Å². The quantitative estimate of drug-likeness (QED) is 0.587. The second kappa shape index (κ2) is 6.84. The van der Waals surface area contributed by atoms with Crippen LogP contribution in [0.4, 0.5) is 5.69 Å². The van der Waals surface area contributed by atoms with Gasteiger partial charge in [-0.15, -0.1) is 0 Å².